The molecule has 0 unspecified atom stereocenters. The minimum absolute atomic E-state index is 0.167. The van der Waals surface area contributed by atoms with Crippen LogP contribution < -0.4 is 5.73 Å². The summed E-state index contributed by atoms with van der Waals surface area (Å²) in [5, 5.41) is 3.68. The van der Waals surface area contributed by atoms with Crippen molar-refractivity contribution in [3.63, 3.8) is 0 Å². The third-order valence-electron chi connectivity index (χ3n) is 1.32. The quantitative estimate of drug-likeness (QED) is 0.438. The summed E-state index contributed by atoms with van der Waals surface area (Å²) in [6.07, 6.45) is 1.64. The van der Waals surface area contributed by atoms with Gasteiger partial charge in [-0.2, -0.15) is 0 Å². The number of thiocarbonyl (C=S) groups is 1. The largest absolute Gasteiger partial charge is 0.399 e. The highest BCUT2D eigenvalue weighted by Crippen LogP contribution is 1.97. The summed E-state index contributed by atoms with van der Waals surface area (Å²) in [5.41, 5.74) is 6.43. The summed E-state index contributed by atoms with van der Waals surface area (Å²) < 4.78 is 0. The number of nitrogens with zero attached hydrogens (tertiary/aromatic N) is 2. The van der Waals surface area contributed by atoms with E-state index in [4.69, 9.17) is 18.0 Å². The van der Waals surface area contributed by atoms with Crippen LogP contribution in [-0.4, -0.2) is 22.8 Å². The van der Waals surface area contributed by atoms with Crippen molar-refractivity contribution in [2.75, 3.05) is 7.11 Å². The van der Waals surface area contributed by atoms with Gasteiger partial charge in [-0.15, -0.1) is 0 Å². The van der Waals surface area contributed by atoms with Crippen LogP contribution in [0.3, 0.4) is 0 Å². The first kappa shape index (κ1) is 9.60. The van der Waals surface area contributed by atoms with Gasteiger partial charge < -0.3 is 10.6 Å². The van der Waals surface area contributed by atoms with E-state index in [1.54, 1.807) is 18.3 Å². The molecule has 1 aromatic heterocycles. The van der Waals surface area contributed by atoms with Gasteiger partial charge in [0.15, 0.2) is 5.71 Å². The fourth-order valence-electron chi connectivity index (χ4n) is 0.812. The van der Waals surface area contributed by atoms with E-state index in [0.29, 0.717) is 11.4 Å². The van der Waals surface area contributed by atoms with Crippen LogP contribution in [0, 0.1) is 0 Å². The van der Waals surface area contributed by atoms with Gasteiger partial charge in [0, 0.05) is 6.20 Å². The predicted molar refractivity (Wildman–Crippen MR) is 54.6 cm³/mol. The molecule has 4 nitrogen and oxygen atoms in total. The van der Waals surface area contributed by atoms with Crippen LogP contribution in [0.25, 0.3) is 0 Å². The monoisotopic (exact) mass is 195 g/mol. The molecule has 0 fully saturated rings. The summed E-state index contributed by atoms with van der Waals surface area (Å²) in [6.45, 7) is 0. The highest BCUT2D eigenvalue weighted by molar-refractivity contribution is 7.82. The van der Waals surface area contributed by atoms with E-state index in [1.807, 2.05) is 6.07 Å². The van der Waals surface area contributed by atoms with Gasteiger partial charge in [0.25, 0.3) is 0 Å². The van der Waals surface area contributed by atoms with E-state index >= 15 is 0 Å². The van der Waals surface area contributed by atoms with Crippen molar-refractivity contribution in [3.05, 3.63) is 30.1 Å². The lowest BCUT2D eigenvalue weighted by Crippen LogP contribution is -2.23. The molecule has 0 aliphatic rings. The minimum atomic E-state index is 0.167. The zero-order valence-corrected chi connectivity index (χ0v) is 7.91. The molecule has 0 spiro atoms. The molecule has 0 bridgehead atoms. The van der Waals surface area contributed by atoms with Crippen molar-refractivity contribution in [2.24, 2.45) is 10.9 Å². The van der Waals surface area contributed by atoms with Crippen LogP contribution in [0.5, 0.6) is 0 Å². The molecule has 0 aromatic carbocycles. The smallest absolute Gasteiger partial charge is 0.162 e. The SMILES string of the molecule is CO/N=C(\C(N)=S)c1ccccn1. The van der Waals surface area contributed by atoms with Crippen molar-refractivity contribution >= 4 is 22.9 Å². The van der Waals surface area contributed by atoms with Crippen LogP contribution in [0.4, 0.5) is 0 Å². The number of nitrogens with two attached hydrogens (primary N) is 1. The third-order valence-corrected chi connectivity index (χ3v) is 1.52. The van der Waals surface area contributed by atoms with E-state index in [2.05, 4.69) is 15.0 Å². The highest BCUT2D eigenvalue weighted by Gasteiger charge is 2.07. The maximum Gasteiger partial charge on any atom is 0.162 e. The van der Waals surface area contributed by atoms with Crippen molar-refractivity contribution in [1.29, 1.82) is 0 Å². The van der Waals surface area contributed by atoms with Crippen LogP contribution in [-0.2, 0) is 4.84 Å². The molecule has 2 N–H and O–H groups in total. The Balaban J connectivity index is 3.03. The Morgan fingerprint density at radius 3 is 2.85 bits per heavy atom. The Morgan fingerprint density at radius 2 is 2.38 bits per heavy atom. The van der Waals surface area contributed by atoms with Gasteiger partial charge in [0.1, 0.15) is 12.1 Å². The Kier molecular flexibility index (Phi) is 3.33. The second-order valence-corrected chi connectivity index (χ2v) is 2.64. The van der Waals surface area contributed by atoms with Gasteiger partial charge in [-0.3, -0.25) is 4.98 Å². The average Bonchev–Trinajstić information content (AvgIpc) is 2.15. The van der Waals surface area contributed by atoms with Crippen LogP contribution in [0.2, 0.25) is 0 Å². The Morgan fingerprint density at radius 1 is 1.62 bits per heavy atom. The van der Waals surface area contributed by atoms with Gasteiger partial charge in [-0.1, -0.05) is 23.4 Å². The van der Waals surface area contributed by atoms with Crippen LogP contribution in [0.15, 0.2) is 29.6 Å². The zero-order valence-electron chi connectivity index (χ0n) is 7.10. The Bertz CT molecular complexity index is 323. The molecule has 0 saturated carbocycles. The lowest BCUT2D eigenvalue weighted by molar-refractivity contribution is 0.214. The Hall–Kier alpha value is -1.49. The number of aromatic nitrogens is 1. The van der Waals surface area contributed by atoms with E-state index in [9.17, 15) is 0 Å². The number of rotatable bonds is 3. The normalized spacial score (nSPS) is 11.0. The van der Waals surface area contributed by atoms with E-state index in [-0.39, 0.29) is 4.99 Å². The van der Waals surface area contributed by atoms with Crippen molar-refractivity contribution < 1.29 is 4.84 Å². The summed E-state index contributed by atoms with van der Waals surface area (Å²) in [4.78, 5) is 8.81. The molecule has 13 heavy (non-hydrogen) atoms. The second kappa shape index (κ2) is 4.51. The summed E-state index contributed by atoms with van der Waals surface area (Å²) in [5.74, 6) is 0. The van der Waals surface area contributed by atoms with E-state index in [1.165, 1.54) is 7.11 Å². The van der Waals surface area contributed by atoms with Crippen LogP contribution in [0.1, 0.15) is 5.69 Å². The summed E-state index contributed by atoms with van der Waals surface area (Å²) in [6, 6.07) is 5.39. The summed E-state index contributed by atoms with van der Waals surface area (Å²) >= 11 is 4.79. The topological polar surface area (TPSA) is 60.5 Å². The maximum atomic E-state index is 5.44. The first-order valence-corrected chi connectivity index (χ1v) is 3.99. The standard InChI is InChI=1S/C8H9N3OS/c1-12-11-7(8(9)13)6-4-2-3-5-10-6/h2-5H,1H3,(H2,9,13)/b11-7-. The molecule has 0 aliphatic carbocycles. The molecule has 1 aromatic rings. The molecule has 0 atom stereocenters. The van der Waals surface area contributed by atoms with E-state index in [0.717, 1.165) is 0 Å². The minimum Gasteiger partial charge on any atom is -0.399 e. The zero-order chi connectivity index (χ0) is 9.68. The van der Waals surface area contributed by atoms with Crippen molar-refractivity contribution in [3.8, 4) is 0 Å². The highest BCUT2D eigenvalue weighted by atomic mass is 32.1. The molecule has 1 heterocycles. The number of pyridine rings is 1. The summed E-state index contributed by atoms with van der Waals surface area (Å²) in [7, 11) is 1.43. The molecular formula is C8H9N3OS. The second-order valence-electron chi connectivity index (χ2n) is 2.20. The third kappa shape index (κ3) is 2.48. The predicted octanol–water partition coefficient (Wildman–Crippen LogP) is 0.718. The van der Waals surface area contributed by atoms with Gasteiger partial charge >= 0.3 is 0 Å². The van der Waals surface area contributed by atoms with Gasteiger partial charge in [-0.05, 0) is 12.1 Å². The lowest BCUT2D eigenvalue weighted by Gasteiger charge is -2.01. The van der Waals surface area contributed by atoms with Gasteiger partial charge in [0.05, 0.1) is 5.69 Å². The molecule has 5 heteroatoms. The molecule has 0 radical (unpaired) electrons. The van der Waals surface area contributed by atoms with Crippen molar-refractivity contribution in [1.82, 2.24) is 4.98 Å². The van der Waals surface area contributed by atoms with Gasteiger partial charge in [-0.25, -0.2) is 0 Å². The first-order chi connectivity index (χ1) is 6.25. The fraction of sp³-hybridized carbons (Fsp3) is 0.125. The average molecular weight is 195 g/mol. The van der Waals surface area contributed by atoms with Gasteiger partial charge in [0.2, 0.25) is 0 Å². The molecule has 1 rings (SSSR count). The number of hydrogen-bond acceptors (Lipinski definition) is 4. The first-order valence-electron chi connectivity index (χ1n) is 3.58. The number of hydrogen-bond donors (Lipinski definition) is 1. The maximum absolute atomic E-state index is 5.44. The van der Waals surface area contributed by atoms with E-state index < -0.39 is 0 Å². The molecular weight excluding hydrogens is 186 g/mol. The molecule has 68 valence electrons. The molecule has 0 saturated heterocycles. The molecule has 0 aliphatic heterocycles. The Labute approximate surface area is 81.4 Å². The fourth-order valence-corrected chi connectivity index (χ4v) is 0.954. The number of oxime groups is 1. The van der Waals surface area contributed by atoms with Crippen molar-refractivity contribution in [2.45, 2.75) is 0 Å². The lowest BCUT2D eigenvalue weighted by atomic mass is 10.2. The molecule has 0 amide bonds. The van der Waals surface area contributed by atoms with Crippen LogP contribution >= 0.6 is 12.2 Å².